The average Bonchev–Trinajstić information content (AvgIpc) is 3.13. The van der Waals surface area contributed by atoms with Crippen molar-refractivity contribution in [1.82, 2.24) is 9.55 Å². The first-order valence-electron chi connectivity index (χ1n) is 11.8. The number of imidazole rings is 1. The quantitative estimate of drug-likeness (QED) is 0.314. The predicted octanol–water partition coefficient (Wildman–Crippen LogP) is 6.01. The number of rotatable bonds is 6. The van der Waals surface area contributed by atoms with Crippen LogP contribution in [0.25, 0.3) is 16.6 Å². The molecule has 3 aromatic carbocycles. The summed E-state index contributed by atoms with van der Waals surface area (Å²) in [5.41, 5.74) is 6.68. The molecule has 0 radical (unpaired) electrons. The Bertz CT molecular complexity index is 1530. The van der Waals surface area contributed by atoms with E-state index in [9.17, 15) is 9.65 Å². The molecule has 0 atom stereocenters. The summed E-state index contributed by atoms with van der Waals surface area (Å²) in [6.45, 7) is 5.48. The fraction of sp³-hybridized carbons (Fsp3) is 0.241. The third-order valence-corrected chi connectivity index (χ3v) is 6.31. The zero-order chi connectivity index (χ0) is 25.2. The summed E-state index contributed by atoms with van der Waals surface area (Å²) in [5, 5.41) is 9.70. The van der Waals surface area contributed by atoms with Crippen molar-refractivity contribution < 1.29 is 18.6 Å². The minimum Gasteiger partial charge on any atom is -0.492 e. The molecule has 182 valence electrons. The molecular formula is C29H26FN3O3. The normalized spacial score (nSPS) is 13.9. The number of nitriles is 1. The topological polar surface area (TPSA) is 69.3 Å². The number of methoxy groups -OCH3 is 1. The summed E-state index contributed by atoms with van der Waals surface area (Å²) in [5.74, 6) is 1.60. The van der Waals surface area contributed by atoms with Crippen molar-refractivity contribution in [3.05, 3.63) is 94.1 Å². The number of ether oxygens (including phenoxy) is 3. The lowest BCUT2D eigenvalue weighted by Gasteiger charge is -2.14. The van der Waals surface area contributed by atoms with Gasteiger partial charge in [0.25, 0.3) is 0 Å². The maximum atomic E-state index is 14.0. The van der Waals surface area contributed by atoms with Gasteiger partial charge in [0, 0.05) is 36.4 Å². The Kier molecular flexibility index (Phi) is 6.45. The van der Waals surface area contributed by atoms with Crippen molar-refractivity contribution in [2.24, 2.45) is 0 Å². The maximum Gasteiger partial charge on any atom is 0.147 e. The van der Waals surface area contributed by atoms with E-state index in [0.717, 1.165) is 44.9 Å². The molecule has 4 aromatic rings. The monoisotopic (exact) mass is 483 g/mol. The second kappa shape index (κ2) is 9.84. The van der Waals surface area contributed by atoms with Crippen LogP contribution in [0.5, 0.6) is 11.5 Å². The molecule has 1 aliphatic heterocycles. The van der Waals surface area contributed by atoms with Gasteiger partial charge in [-0.1, -0.05) is 18.2 Å². The smallest absolute Gasteiger partial charge is 0.147 e. The highest BCUT2D eigenvalue weighted by molar-refractivity contribution is 5.88. The van der Waals surface area contributed by atoms with Crippen molar-refractivity contribution in [2.75, 3.05) is 13.7 Å². The van der Waals surface area contributed by atoms with Gasteiger partial charge in [0.05, 0.1) is 18.2 Å². The molecule has 0 fully saturated rings. The number of hydrogen-bond donors (Lipinski definition) is 0. The van der Waals surface area contributed by atoms with Crippen LogP contribution < -0.4 is 9.47 Å². The van der Waals surface area contributed by atoms with Crippen LogP contribution in [0.15, 0.2) is 60.2 Å². The molecule has 0 N–H and O–H groups in total. The summed E-state index contributed by atoms with van der Waals surface area (Å²) in [7, 11) is 1.65. The standard InChI is InChI=1S/C29H26FN3O3/c1-4-35-25-7-5-6-24-29(25)32-27(17-34-3)33(24)15-19-8-10-22-20(12-19)16-36-26-13-21(30)9-11-23(26)28(22)18(2)14-31/h5-13H,4,15-17H2,1-3H3. The molecule has 36 heavy (non-hydrogen) atoms. The first kappa shape index (κ1) is 23.6. The molecule has 0 saturated carbocycles. The number of allylic oxidation sites excluding steroid dienone is 1. The molecule has 5 rings (SSSR count). The molecule has 0 amide bonds. The molecular weight excluding hydrogens is 457 g/mol. The van der Waals surface area contributed by atoms with E-state index in [1.54, 1.807) is 20.1 Å². The zero-order valence-corrected chi connectivity index (χ0v) is 20.5. The Morgan fingerprint density at radius 3 is 2.78 bits per heavy atom. The molecule has 0 aliphatic carbocycles. The van der Waals surface area contributed by atoms with Crippen LogP contribution in [0.3, 0.4) is 0 Å². The molecule has 0 bridgehead atoms. The van der Waals surface area contributed by atoms with E-state index in [1.165, 1.54) is 12.1 Å². The lowest BCUT2D eigenvalue weighted by atomic mass is 9.90. The number of aromatic nitrogens is 2. The SMILES string of the molecule is CCOc1cccc2c1nc(COC)n2Cc1ccc2c(c1)COc1cc(F)ccc1C2=C(C)C#N. The van der Waals surface area contributed by atoms with Gasteiger partial charge in [0.15, 0.2) is 0 Å². The number of halogens is 1. The summed E-state index contributed by atoms with van der Waals surface area (Å²) in [4.78, 5) is 4.81. The first-order valence-corrected chi connectivity index (χ1v) is 11.8. The lowest BCUT2D eigenvalue weighted by Crippen LogP contribution is -2.07. The minimum atomic E-state index is -0.376. The predicted molar refractivity (Wildman–Crippen MR) is 135 cm³/mol. The molecule has 0 unspecified atom stereocenters. The van der Waals surface area contributed by atoms with Gasteiger partial charge in [0.2, 0.25) is 0 Å². The van der Waals surface area contributed by atoms with E-state index in [0.29, 0.717) is 36.6 Å². The van der Waals surface area contributed by atoms with Gasteiger partial charge >= 0.3 is 0 Å². The fourth-order valence-electron chi connectivity index (χ4n) is 4.73. The van der Waals surface area contributed by atoms with E-state index >= 15 is 0 Å². The van der Waals surface area contributed by atoms with Crippen molar-refractivity contribution in [3.63, 3.8) is 0 Å². The minimum absolute atomic E-state index is 0.270. The number of para-hydroxylation sites is 1. The van der Waals surface area contributed by atoms with Crippen LogP contribution in [-0.2, 0) is 24.5 Å². The van der Waals surface area contributed by atoms with Crippen LogP contribution in [0, 0.1) is 17.1 Å². The largest absolute Gasteiger partial charge is 0.492 e. The highest BCUT2D eigenvalue weighted by Gasteiger charge is 2.23. The van der Waals surface area contributed by atoms with Crippen LogP contribution in [0.4, 0.5) is 4.39 Å². The molecule has 6 nitrogen and oxygen atoms in total. The van der Waals surface area contributed by atoms with Crippen molar-refractivity contribution in [1.29, 1.82) is 5.26 Å². The Labute approximate surface area is 209 Å². The summed E-state index contributed by atoms with van der Waals surface area (Å²) in [6.07, 6.45) is 0. The van der Waals surface area contributed by atoms with Crippen LogP contribution in [-0.4, -0.2) is 23.3 Å². The highest BCUT2D eigenvalue weighted by Crippen LogP contribution is 2.39. The number of nitrogens with zero attached hydrogens (tertiary/aromatic N) is 3. The highest BCUT2D eigenvalue weighted by atomic mass is 19.1. The van der Waals surface area contributed by atoms with Gasteiger partial charge in [-0.3, -0.25) is 0 Å². The fourth-order valence-corrected chi connectivity index (χ4v) is 4.73. The molecule has 1 aromatic heterocycles. The Morgan fingerprint density at radius 2 is 2.00 bits per heavy atom. The van der Waals surface area contributed by atoms with Crippen molar-refractivity contribution in [3.8, 4) is 17.6 Å². The van der Waals surface area contributed by atoms with E-state index in [4.69, 9.17) is 19.2 Å². The van der Waals surface area contributed by atoms with E-state index < -0.39 is 0 Å². The number of hydrogen-bond acceptors (Lipinski definition) is 5. The second-order valence-electron chi connectivity index (χ2n) is 8.64. The van der Waals surface area contributed by atoms with Crippen molar-refractivity contribution in [2.45, 2.75) is 33.6 Å². The van der Waals surface area contributed by atoms with Gasteiger partial charge in [-0.2, -0.15) is 5.26 Å². The molecule has 7 heteroatoms. The summed E-state index contributed by atoms with van der Waals surface area (Å²) in [6, 6.07) is 18.8. The van der Waals surface area contributed by atoms with E-state index in [2.05, 4.69) is 16.7 Å². The van der Waals surface area contributed by atoms with Crippen LogP contribution >= 0.6 is 0 Å². The van der Waals surface area contributed by atoms with Crippen molar-refractivity contribution >= 4 is 16.6 Å². The third kappa shape index (κ3) is 4.21. The molecule has 0 spiro atoms. The number of fused-ring (bicyclic) bond motifs is 3. The lowest BCUT2D eigenvalue weighted by molar-refractivity contribution is 0.175. The van der Waals surface area contributed by atoms with Gasteiger partial charge in [0.1, 0.15) is 41.9 Å². The van der Waals surface area contributed by atoms with Gasteiger partial charge in [-0.05, 0) is 60.9 Å². The van der Waals surface area contributed by atoms with Gasteiger partial charge in [-0.15, -0.1) is 0 Å². The van der Waals surface area contributed by atoms with E-state index in [1.807, 2.05) is 37.3 Å². The Balaban J connectivity index is 1.59. The van der Waals surface area contributed by atoms with Crippen LogP contribution in [0.1, 0.15) is 41.9 Å². The maximum absolute atomic E-state index is 14.0. The zero-order valence-electron chi connectivity index (χ0n) is 20.5. The average molecular weight is 484 g/mol. The van der Waals surface area contributed by atoms with E-state index in [-0.39, 0.29) is 12.4 Å². The summed E-state index contributed by atoms with van der Waals surface area (Å²) >= 11 is 0. The first-order chi connectivity index (χ1) is 17.5. The molecule has 2 heterocycles. The second-order valence-corrected chi connectivity index (χ2v) is 8.64. The summed E-state index contributed by atoms with van der Waals surface area (Å²) < 4.78 is 33.3. The number of benzene rings is 3. The van der Waals surface area contributed by atoms with Gasteiger partial charge in [-0.25, -0.2) is 9.37 Å². The van der Waals surface area contributed by atoms with Crippen LogP contribution in [0.2, 0.25) is 0 Å². The van der Waals surface area contributed by atoms with Gasteiger partial charge < -0.3 is 18.8 Å². The molecule has 1 aliphatic rings. The molecule has 0 saturated heterocycles. The third-order valence-electron chi connectivity index (χ3n) is 6.31. The Morgan fingerprint density at radius 1 is 1.17 bits per heavy atom. The Hall–Kier alpha value is -4.15.